The number of aryl methyl sites for hydroxylation is 1. The maximum absolute atomic E-state index is 12.4. The Morgan fingerprint density at radius 1 is 1.08 bits per heavy atom. The zero-order chi connectivity index (χ0) is 19.7. The quantitative estimate of drug-likeness (QED) is 0.636. The van der Waals surface area contributed by atoms with Gasteiger partial charge in [-0.1, -0.05) is 26.0 Å². The molecule has 0 saturated heterocycles. The molecule has 0 aliphatic heterocycles. The molecule has 1 rings (SSSR count). The predicted molar refractivity (Wildman–Crippen MR) is 101 cm³/mol. The molecule has 1 aromatic carbocycles. The van der Waals surface area contributed by atoms with Gasteiger partial charge in [-0.25, -0.2) is 8.42 Å². The lowest BCUT2D eigenvalue weighted by Gasteiger charge is -2.18. The van der Waals surface area contributed by atoms with Crippen LogP contribution in [0.15, 0.2) is 29.2 Å². The molecule has 0 radical (unpaired) electrons. The second-order valence-corrected chi connectivity index (χ2v) is 7.85. The van der Waals surface area contributed by atoms with E-state index >= 15 is 0 Å². The Kier molecular flexibility index (Phi) is 8.74. The van der Waals surface area contributed by atoms with E-state index in [-0.39, 0.29) is 23.1 Å². The number of hydrogen-bond donors (Lipinski definition) is 2. The lowest BCUT2D eigenvalue weighted by Crippen LogP contribution is -2.44. The van der Waals surface area contributed by atoms with Crippen LogP contribution in [0.3, 0.4) is 0 Å². The van der Waals surface area contributed by atoms with Gasteiger partial charge in [0.25, 0.3) is 0 Å². The number of benzene rings is 1. The number of carbonyl (C=O) groups excluding carboxylic acids is 2. The standard InChI is InChI=1S/C18H29N3O4S/c1-5-19-18(23)14(4)20-17(22)13-10-15-8-11-16(12-9-15)26(24,25)21(6-2)7-3/h8-9,11-12,14H,5-7,10,13H2,1-4H3,(H,19,23)(H,20,22). The van der Waals surface area contributed by atoms with Crippen LogP contribution in [-0.4, -0.2) is 50.2 Å². The fourth-order valence-electron chi connectivity index (χ4n) is 2.51. The van der Waals surface area contributed by atoms with E-state index in [9.17, 15) is 18.0 Å². The van der Waals surface area contributed by atoms with Crippen molar-refractivity contribution in [3.05, 3.63) is 29.8 Å². The van der Waals surface area contributed by atoms with E-state index in [0.717, 1.165) is 5.56 Å². The van der Waals surface area contributed by atoms with Crippen molar-refractivity contribution in [2.75, 3.05) is 19.6 Å². The third kappa shape index (κ3) is 6.10. The van der Waals surface area contributed by atoms with E-state index in [4.69, 9.17) is 0 Å². The second kappa shape index (κ2) is 10.3. The molecule has 7 nitrogen and oxygen atoms in total. The summed E-state index contributed by atoms with van der Waals surface area (Å²) < 4.78 is 26.3. The highest BCUT2D eigenvalue weighted by Crippen LogP contribution is 2.16. The van der Waals surface area contributed by atoms with Crippen molar-refractivity contribution in [2.24, 2.45) is 0 Å². The number of nitrogens with zero attached hydrogens (tertiary/aromatic N) is 1. The fraction of sp³-hybridized carbons (Fsp3) is 0.556. The van der Waals surface area contributed by atoms with Crippen LogP contribution < -0.4 is 10.6 Å². The highest BCUT2D eigenvalue weighted by molar-refractivity contribution is 7.89. The van der Waals surface area contributed by atoms with E-state index in [1.165, 1.54) is 4.31 Å². The fourth-order valence-corrected chi connectivity index (χ4v) is 3.96. The number of rotatable bonds is 10. The van der Waals surface area contributed by atoms with Crippen molar-refractivity contribution in [2.45, 2.75) is 51.5 Å². The van der Waals surface area contributed by atoms with E-state index in [0.29, 0.717) is 26.1 Å². The largest absolute Gasteiger partial charge is 0.355 e. The maximum Gasteiger partial charge on any atom is 0.243 e. The first-order valence-electron chi connectivity index (χ1n) is 8.92. The molecule has 1 aromatic rings. The molecule has 2 amide bonds. The number of amides is 2. The predicted octanol–water partition coefficient (Wildman–Crippen LogP) is 1.29. The SMILES string of the molecule is CCNC(=O)C(C)NC(=O)CCc1ccc(S(=O)(=O)N(CC)CC)cc1. The zero-order valence-electron chi connectivity index (χ0n) is 15.9. The third-order valence-corrected chi connectivity index (χ3v) is 6.09. The average molecular weight is 384 g/mol. The Labute approximate surface area is 156 Å². The van der Waals surface area contributed by atoms with Gasteiger partial charge in [-0.2, -0.15) is 4.31 Å². The minimum absolute atomic E-state index is 0.216. The van der Waals surface area contributed by atoms with Crippen molar-refractivity contribution in [3.8, 4) is 0 Å². The molecule has 0 aliphatic rings. The number of sulfonamides is 1. The Hall–Kier alpha value is -1.93. The summed E-state index contributed by atoms with van der Waals surface area (Å²) in [6.07, 6.45) is 0.700. The van der Waals surface area contributed by atoms with Crippen LogP contribution in [0.4, 0.5) is 0 Å². The number of hydrogen-bond acceptors (Lipinski definition) is 4. The van der Waals surface area contributed by atoms with Crippen molar-refractivity contribution >= 4 is 21.8 Å². The average Bonchev–Trinajstić information content (AvgIpc) is 2.61. The lowest BCUT2D eigenvalue weighted by molar-refractivity contribution is -0.128. The van der Waals surface area contributed by atoms with Crippen molar-refractivity contribution in [1.29, 1.82) is 0 Å². The molecule has 26 heavy (non-hydrogen) atoms. The van der Waals surface area contributed by atoms with E-state index < -0.39 is 16.1 Å². The van der Waals surface area contributed by atoms with Crippen LogP contribution in [0.1, 0.15) is 39.7 Å². The van der Waals surface area contributed by atoms with Gasteiger partial charge in [0.1, 0.15) is 6.04 Å². The normalized spacial score (nSPS) is 12.7. The molecular weight excluding hydrogens is 354 g/mol. The number of carbonyl (C=O) groups is 2. The Morgan fingerprint density at radius 2 is 1.65 bits per heavy atom. The monoisotopic (exact) mass is 383 g/mol. The number of likely N-dealkylation sites (N-methyl/N-ethyl adjacent to an activating group) is 1. The van der Waals surface area contributed by atoms with Gasteiger partial charge in [0, 0.05) is 26.1 Å². The van der Waals surface area contributed by atoms with Crippen LogP contribution in [0, 0.1) is 0 Å². The van der Waals surface area contributed by atoms with Crippen LogP contribution in [0.5, 0.6) is 0 Å². The van der Waals surface area contributed by atoms with E-state index in [1.807, 2.05) is 6.92 Å². The molecular formula is C18H29N3O4S. The van der Waals surface area contributed by atoms with Crippen molar-refractivity contribution in [1.82, 2.24) is 14.9 Å². The van der Waals surface area contributed by atoms with Crippen LogP contribution in [0.25, 0.3) is 0 Å². The molecule has 0 bridgehead atoms. The smallest absolute Gasteiger partial charge is 0.243 e. The Morgan fingerprint density at radius 3 is 2.15 bits per heavy atom. The van der Waals surface area contributed by atoms with E-state index in [2.05, 4.69) is 10.6 Å². The Balaban J connectivity index is 2.63. The first-order chi connectivity index (χ1) is 12.3. The first kappa shape index (κ1) is 22.1. The van der Waals surface area contributed by atoms with Crippen molar-refractivity contribution < 1.29 is 18.0 Å². The summed E-state index contributed by atoms with van der Waals surface area (Å²) in [7, 11) is -3.47. The summed E-state index contributed by atoms with van der Waals surface area (Å²) in [5.74, 6) is -0.435. The number of nitrogens with one attached hydrogen (secondary N) is 2. The van der Waals surface area contributed by atoms with Gasteiger partial charge in [0.2, 0.25) is 21.8 Å². The third-order valence-electron chi connectivity index (χ3n) is 4.03. The molecule has 0 aliphatic carbocycles. The highest BCUT2D eigenvalue weighted by Gasteiger charge is 2.21. The van der Waals surface area contributed by atoms with E-state index in [1.54, 1.807) is 45.0 Å². The first-order valence-corrected chi connectivity index (χ1v) is 10.4. The molecule has 0 aromatic heterocycles. The molecule has 0 saturated carbocycles. The maximum atomic E-state index is 12.4. The minimum Gasteiger partial charge on any atom is -0.355 e. The molecule has 1 atom stereocenters. The molecule has 146 valence electrons. The van der Waals surface area contributed by atoms with Gasteiger partial charge >= 0.3 is 0 Å². The molecule has 0 fully saturated rings. The Bertz CT molecular complexity index is 698. The van der Waals surface area contributed by atoms with Gasteiger partial charge in [-0.3, -0.25) is 9.59 Å². The van der Waals surface area contributed by atoms with Gasteiger partial charge < -0.3 is 10.6 Å². The van der Waals surface area contributed by atoms with Gasteiger partial charge in [-0.05, 0) is 38.0 Å². The molecule has 0 heterocycles. The highest BCUT2D eigenvalue weighted by atomic mass is 32.2. The van der Waals surface area contributed by atoms with Gasteiger partial charge in [-0.15, -0.1) is 0 Å². The topological polar surface area (TPSA) is 95.6 Å². The van der Waals surface area contributed by atoms with Gasteiger partial charge in [0.05, 0.1) is 4.90 Å². The summed E-state index contributed by atoms with van der Waals surface area (Å²) in [5, 5.41) is 5.30. The summed E-state index contributed by atoms with van der Waals surface area (Å²) in [4.78, 5) is 23.8. The van der Waals surface area contributed by atoms with Crippen LogP contribution >= 0.6 is 0 Å². The molecule has 8 heteroatoms. The summed E-state index contributed by atoms with van der Waals surface area (Å²) in [5.41, 5.74) is 0.865. The minimum atomic E-state index is -3.47. The second-order valence-electron chi connectivity index (χ2n) is 5.92. The molecule has 1 unspecified atom stereocenters. The molecule has 0 spiro atoms. The lowest BCUT2D eigenvalue weighted by atomic mass is 10.1. The summed E-state index contributed by atoms with van der Waals surface area (Å²) in [6.45, 7) is 8.41. The summed E-state index contributed by atoms with van der Waals surface area (Å²) in [6, 6.07) is 5.99. The summed E-state index contributed by atoms with van der Waals surface area (Å²) >= 11 is 0. The van der Waals surface area contributed by atoms with Crippen molar-refractivity contribution in [3.63, 3.8) is 0 Å². The van der Waals surface area contributed by atoms with Crippen LogP contribution in [0.2, 0.25) is 0 Å². The zero-order valence-corrected chi connectivity index (χ0v) is 16.7. The van der Waals surface area contributed by atoms with Gasteiger partial charge in [0.15, 0.2) is 0 Å². The van der Waals surface area contributed by atoms with Crippen LogP contribution in [-0.2, 0) is 26.0 Å². The molecule has 2 N–H and O–H groups in total.